The van der Waals surface area contributed by atoms with Crippen LogP contribution in [0, 0.1) is 0 Å². The number of methoxy groups -OCH3 is 1. The summed E-state index contributed by atoms with van der Waals surface area (Å²) in [5.41, 5.74) is 2.10. The summed E-state index contributed by atoms with van der Waals surface area (Å²) < 4.78 is 17.7. The van der Waals surface area contributed by atoms with E-state index in [1.165, 1.54) is 0 Å². The Labute approximate surface area is 165 Å². The van der Waals surface area contributed by atoms with Crippen LogP contribution in [0.1, 0.15) is 24.2 Å². The number of hydrogen-bond donors (Lipinski definition) is 0. The van der Waals surface area contributed by atoms with Gasteiger partial charge >= 0.3 is 0 Å². The monoisotopic (exact) mass is 379 g/mol. The van der Waals surface area contributed by atoms with Crippen LogP contribution < -0.4 is 4.74 Å². The van der Waals surface area contributed by atoms with Crippen LogP contribution in [0.3, 0.4) is 0 Å². The quantitative estimate of drug-likeness (QED) is 0.797. The minimum atomic E-state index is -0.698. The summed E-state index contributed by atoms with van der Waals surface area (Å²) in [6.45, 7) is 3.37. The van der Waals surface area contributed by atoms with Gasteiger partial charge in [0, 0.05) is 17.7 Å². The van der Waals surface area contributed by atoms with Gasteiger partial charge in [-0.25, -0.2) is 9.98 Å². The summed E-state index contributed by atoms with van der Waals surface area (Å²) in [7, 11) is 5.69. The summed E-state index contributed by atoms with van der Waals surface area (Å²) in [5.74, 6) is 1.99. The van der Waals surface area contributed by atoms with Gasteiger partial charge in [0.05, 0.1) is 12.8 Å². The van der Waals surface area contributed by atoms with Crippen molar-refractivity contribution >= 4 is 17.5 Å². The van der Waals surface area contributed by atoms with E-state index >= 15 is 0 Å². The van der Waals surface area contributed by atoms with E-state index in [0.717, 1.165) is 29.1 Å². The van der Waals surface area contributed by atoms with E-state index in [1.54, 1.807) is 7.11 Å². The van der Waals surface area contributed by atoms with Crippen molar-refractivity contribution in [2.75, 3.05) is 34.4 Å². The molecule has 2 heterocycles. The van der Waals surface area contributed by atoms with Gasteiger partial charge in [-0.3, -0.25) is 0 Å². The van der Waals surface area contributed by atoms with Crippen LogP contribution in [0.2, 0.25) is 0 Å². The third-order valence-electron chi connectivity index (χ3n) is 5.06. The number of fused-ring (bicyclic) bond motifs is 3. The maximum absolute atomic E-state index is 6.35. The molecule has 0 aromatic heterocycles. The molecule has 2 aliphatic rings. The first-order chi connectivity index (χ1) is 13.5. The zero-order valence-electron chi connectivity index (χ0n) is 16.7. The highest BCUT2D eigenvalue weighted by atomic mass is 16.5. The molecule has 0 saturated heterocycles. The summed E-state index contributed by atoms with van der Waals surface area (Å²) in [6, 6.07) is 15.7. The van der Waals surface area contributed by atoms with Gasteiger partial charge in [-0.05, 0) is 51.4 Å². The first-order valence-corrected chi connectivity index (χ1v) is 9.38. The van der Waals surface area contributed by atoms with Gasteiger partial charge in [0.2, 0.25) is 11.8 Å². The average molecular weight is 379 g/mol. The lowest BCUT2D eigenvalue weighted by Crippen LogP contribution is -2.42. The van der Waals surface area contributed by atoms with Crippen molar-refractivity contribution in [3.05, 3.63) is 59.7 Å². The molecule has 28 heavy (non-hydrogen) atoms. The Kier molecular flexibility index (Phi) is 4.81. The molecule has 2 aliphatic heterocycles. The molecule has 0 spiro atoms. The van der Waals surface area contributed by atoms with Crippen LogP contribution in [0.4, 0.5) is 5.69 Å². The second-order valence-corrected chi connectivity index (χ2v) is 7.42. The normalized spacial score (nSPS) is 22.7. The third-order valence-corrected chi connectivity index (χ3v) is 5.06. The Bertz CT molecular complexity index is 921. The minimum Gasteiger partial charge on any atom is -0.497 e. The molecule has 146 valence electrons. The summed E-state index contributed by atoms with van der Waals surface area (Å²) >= 11 is 0. The van der Waals surface area contributed by atoms with E-state index in [2.05, 4.69) is 4.90 Å². The number of para-hydroxylation sites is 1. The fourth-order valence-corrected chi connectivity index (χ4v) is 3.45. The highest BCUT2D eigenvalue weighted by Gasteiger charge is 2.52. The van der Waals surface area contributed by atoms with E-state index in [-0.39, 0.29) is 6.10 Å². The number of ether oxygens (including phenoxy) is 3. The van der Waals surface area contributed by atoms with Crippen molar-refractivity contribution in [3.63, 3.8) is 0 Å². The van der Waals surface area contributed by atoms with E-state index in [1.807, 2.05) is 69.6 Å². The van der Waals surface area contributed by atoms with Gasteiger partial charge in [-0.15, -0.1) is 0 Å². The number of hydrogen-bond acceptors (Lipinski definition) is 6. The van der Waals surface area contributed by atoms with Gasteiger partial charge in [0.25, 0.3) is 0 Å². The van der Waals surface area contributed by atoms with E-state index in [4.69, 9.17) is 24.2 Å². The maximum atomic E-state index is 6.35. The maximum Gasteiger partial charge on any atom is 0.221 e. The topological polar surface area (TPSA) is 55.7 Å². The van der Waals surface area contributed by atoms with E-state index < -0.39 is 5.54 Å². The average Bonchev–Trinajstić information content (AvgIpc) is 3.07. The molecule has 1 unspecified atom stereocenters. The molecule has 0 N–H and O–H groups in total. The largest absolute Gasteiger partial charge is 0.497 e. The predicted molar refractivity (Wildman–Crippen MR) is 110 cm³/mol. The number of aliphatic imine (C=N–C) groups is 2. The Morgan fingerprint density at radius 1 is 1.11 bits per heavy atom. The van der Waals surface area contributed by atoms with E-state index in [0.29, 0.717) is 18.4 Å². The zero-order valence-corrected chi connectivity index (χ0v) is 16.7. The number of rotatable bonds is 5. The van der Waals surface area contributed by atoms with Crippen LogP contribution in [-0.4, -0.2) is 56.6 Å². The lowest BCUT2D eigenvalue weighted by molar-refractivity contribution is 0.151. The van der Waals surface area contributed by atoms with Gasteiger partial charge in [-0.1, -0.05) is 18.2 Å². The fourth-order valence-electron chi connectivity index (χ4n) is 3.45. The van der Waals surface area contributed by atoms with Crippen molar-refractivity contribution in [1.82, 2.24) is 4.90 Å². The SMILES string of the molecule is COc1ccc(C2=N[C@@]3(C)C(OCCN(C)C)=Nc4ccccc4C3O2)cc1. The highest BCUT2D eigenvalue weighted by molar-refractivity contribution is 6.02. The van der Waals surface area contributed by atoms with Crippen LogP contribution in [0.15, 0.2) is 58.5 Å². The predicted octanol–water partition coefficient (Wildman–Crippen LogP) is 3.59. The molecule has 4 rings (SSSR count). The van der Waals surface area contributed by atoms with Crippen molar-refractivity contribution in [1.29, 1.82) is 0 Å². The number of nitrogens with zero attached hydrogens (tertiary/aromatic N) is 3. The van der Waals surface area contributed by atoms with Gasteiger partial charge in [0.15, 0.2) is 11.6 Å². The van der Waals surface area contributed by atoms with E-state index in [9.17, 15) is 0 Å². The number of benzene rings is 2. The van der Waals surface area contributed by atoms with Crippen molar-refractivity contribution in [2.45, 2.75) is 18.6 Å². The second kappa shape index (κ2) is 7.28. The molecular weight excluding hydrogens is 354 g/mol. The van der Waals surface area contributed by atoms with Crippen LogP contribution in [0.5, 0.6) is 5.75 Å². The lowest BCUT2D eigenvalue weighted by atomic mass is 9.87. The van der Waals surface area contributed by atoms with Crippen LogP contribution in [-0.2, 0) is 9.47 Å². The Morgan fingerprint density at radius 2 is 1.86 bits per heavy atom. The van der Waals surface area contributed by atoms with Gasteiger partial charge in [-0.2, -0.15) is 0 Å². The molecule has 0 saturated carbocycles. The van der Waals surface area contributed by atoms with Crippen molar-refractivity contribution < 1.29 is 14.2 Å². The van der Waals surface area contributed by atoms with Crippen molar-refractivity contribution in [2.24, 2.45) is 9.98 Å². The molecule has 2 aromatic carbocycles. The lowest BCUT2D eigenvalue weighted by Gasteiger charge is -2.33. The molecule has 0 amide bonds. The molecule has 0 bridgehead atoms. The van der Waals surface area contributed by atoms with Gasteiger partial charge < -0.3 is 19.1 Å². The van der Waals surface area contributed by atoms with Crippen LogP contribution in [0.25, 0.3) is 0 Å². The molecule has 2 atom stereocenters. The van der Waals surface area contributed by atoms with Crippen molar-refractivity contribution in [3.8, 4) is 5.75 Å². The molecular formula is C22H25N3O3. The highest BCUT2D eigenvalue weighted by Crippen LogP contribution is 2.47. The summed E-state index contributed by atoms with van der Waals surface area (Å²) in [4.78, 5) is 11.8. The minimum absolute atomic E-state index is 0.271. The standard InChI is InChI=1S/C22H25N3O3/c1-22-19(28-20(24-22)15-9-11-16(26-4)12-10-15)17-7-5-6-8-18(17)23-21(22)27-14-13-25(2)3/h5-12,19H,13-14H2,1-4H3/t19?,22-/m1/s1. The Morgan fingerprint density at radius 3 is 2.57 bits per heavy atom. The molecule has 0 aliphatic carbocycles. The Hall–Kier alpha value is -2.86. The molecule has 6 heteroatoms. The summed E-state index contributed by atoms with van der Waals surface area (Å²) in [5, 5.41) is 0. The summed E-state index contributed by atoms with van der Waals surface area (Å²) in [6.07, 6.45) is -0.271. The van der Waals surface area contributed by atoms with Crippen LogP contribution >= 0.6 is 0 Å². The number of likely N-dealkylation sites (N-methyl/N-ethyl adjacent to an activating group) is 1. The molecule has 2 aromatic rings. The molecule has 0 fully saturated rings. The third kappa shape index (κ3) is 3.24. The first-order valence-electron chi connectivity index (χ1n) is 9.38. The van der Waals surface area contributed by atoms with Gasteiger partial charge in [0.1, 0.15) is 12.4 Å². The smallest absolute Gasteiger partial charge is 0.221 e. The molecule has 6 nitrogen and oxygen atoms in total. The Balaban J connectivity index is 1.70. The first kappa shape index (κ1) is 18.5. The second-order valence-electron chi connectivity index (χ2n) is 7.42. The molecule has 0 radical (unpaired) electrons. The fraction of sp³-hybridized carbons (Fsp3) is 0.364. The zero-order chi connectivity index (χ0) is 19.7.